The zero-order chi connectivity index (χ0) is 14.6. The zero-order valence-corrected chi connectivity index (χ0v) is 12.8. The molecule has 6 nitrogen and oxygen atoms in total. The van der Waals surface area contributed by atoms with E-state index < -0.39 is 10.0 Å². The highest BCUT2D eigenvalue weighted by molar-refractivity contribution is 7.89. The summed E-state index contributed by atoms with van der Waals surface area (Å²) in [5.41, 5.74) is 5.44. The first-order chi connectivity index (χ1) is 9.57. The van der Waals surface area contributed by atoms with Gasteiger partial charge in [0.15, 0.2) is 0 Å². The first-order valence-electron chi connectivity index (χ1n) is 7.30. The molecule has 1 aliphatic rings. The van der Waals surface area contributed by atoms with Crippen LogP contribution in [0.1, 0.15) is 32.6 Å². The van der Waals surface area contributed by atoms with E-state index in [4.69, 9.17) is 5.73 Å². The van der Waals surface area contributed by atoms with Gasteiger partial charge in [-0.05, 0) is 31.7 Å². The van der Waals surface area contributed by atoms with E-state index in [1.807, 2.05) is 0 Å². The maximum Gasteiger partial charge on any atom is 0.246 e. The van der Waals surface area contributed by atoms with Gasteiger partial charge in [-0.3, -0.25) is 4.68 Å². The Kier molecular flexibility index (Phi) is 5.17. The Labute approximate surface area is 121 Å². The van der Waals surface area contributed by atoms with Gasteiger partial charge < -0.3 is 5.73 Å². The van der Waals surface area contributed by atoms with Crippen LogP contribution < -0.4 is 5.73 Å². The van der Waals surface area contributed by atoms with E-state index in [1.165, 1.54) is 6.20 Å². The molecule has 0 aliphatic carbocycles. The zero-order valence-electron chi connectivity index (χ0n) is 12.0. The van der Waals surface area contributed by atoms with Gasteiger partial charge in [0.25, 0.3) is 0 Å². The standard InChI is InChI=1S/C13H24N4O2S/c1-2-12-4-8-17(9-5-12)20(18,19)13-10-15-16(11-13)7-3-6-14/h10-12H,2-9,14H2,1H3. The summed E-state index contributed by atoms with van der Waals surface area (Å²) in [5.74, 6) is 0.661. The normalized spacial score (nSPS) is 18.5. The fourth-order valence-electron chi connectivity index (χ4n) is 2.56. The predicted octanol–water partition coefficient (Wildman–Crippen LogP) is 1.04. The van der Waals surface area contributed by atoms with E-state index in [0.29, 0.717) is 37.0 Å². The molecule has 1 fully saturated rings. The third-order valence-electron chi connectivity index (χ3n) is 3.99. The third kappa shape index (κ3) is 3.39. The highest BCUT2D eigenvalue weighted by Gasteiger charge is 2.29. The van der Waals surface area contributed by atoms with Crippen LogP contribution in [0.3, 0.4) is 0 Å². The van der Waals surface area contributed by atoms with Gasteiger partial charge in [-0.2, -0.15) is 9.40 Å². The van der Waals surface area contributed by atoms with Crippen molar-refractivity contribution < 1.29 is 8.42 Å². The molecule has 0 radical (unpaired) electrons. The van der Waals surface area contributed by atoms with Crippen LogP contribution in [0.25, 0.3) is 0 Å². The number of sulfonamides is 1. The fraction of sp³-hybridized carbons (Fsp3) is 0.769. The fourth-order valence-corrected chi connectivity index (χ4v) is 3.99. The van der Waals surface area contributed by atoms with Crippen LogP contribution in [0, 0.1) is 5.92 Å². The first kappa shape index (κ1) is 15.5. The molecule has 1 saturated heterocycles. The first-order valence-corrected chi connectivity index (χ1v) is 8.74. The van der Waals surface area contributed by atoms with Crippen molar-refractivity contribution in [2.45, 2.75) is 44.0 Å². The minimum Gasteiger partial charge on any atom is -0.330 e. The molecule has 2 N–H and O–H groups in total. The molecule has 1 aromatic rings. The summed E-state index contributed by atoms with van der Waals surface area (Å²) in [6.07, 6.45) is 6.89. The summed E-state index contributed by atoms with van der Waals surface area (Å²) < 4.78 is 28.3. The van der Waals surface area contributed by atoms with Gasteiger partial charge in [-0.15, -0.1) is 0 Å². The number of aromatic nitrogens is 2. The topological polar surface area (TPSA) is 81.2 Å². The number of nitrogens with zero attached hydrogens (tertiary/aromatic N) is 3. The van der Waals surface area contributed by atoms with Crippen LogP contribution in [0.2, 0.25) is 0 Å². The van der Waals surface area contributed by atoms with Crippen LogP contribution in [0.15, 0.2) is 17.3 Å². The van der Waals surface area contributed by atoms with Crippen molar-refractivity contribution >= 4 is 10.0 Å². The Morgan fingerprint density at radius 3 is 2.70 bits per heavy atom. The van der Waals surface area contributed by atoms with E-state index in [9.17, 15) is 8.42 Å². The van der Waals surface area contributed by atoms with E-state index in [1.54, 1.807) is 15.2 Å². The van der Waals surface area contributed by atoms with Crippen molar-refractivity contribution in [3.63, 3.8) is 0 Å². The van der Waals surface area contributed by atoms with E-state index in [-0.39, 0.29) is 0 Å². The van der Waals surface area contributed by atoms with Gasteiger partial charge in [0.05, 0.1) is 6.20 Å². The number of nitrogens with two attached hydrogens (primary N) is 1. The molecular weight excluding hydrogens is 276 g/mol. The summed E-state index contributed by atoms with van der Waals surface area (Å²) in [6.45, 7) is 4.64. The summed E-state index contributed by atoms with van der Waals surface area (Å²) >= 11 is 0. The van der Waals surface area contributed by atoms with Gasteiger partial charge in [-0.25, -0.2) is 8.42 Å². The Morgan fingerprint density at radius 1 is 1.40 bits per heavy atom. The quantitative estimate of drug-likeness (QED) is 0.851. The summed E-state index contributed by atoms with van der Waals surface area (Å²) in [7, 11) is -3.38. The van der Waals surface area contributed by atoms with Gasteiger partial charge in [-0.1, -0.05) is 13.3 Å². The third-order valence-corrected chi connectivity index (χ3v) is 5.84. The lowest BCUT2D eigenvalue weighted by Crippen LogP contribution is -2.38. The summed E-state index contributed by atoms with van der Waals surface area (Å²) in [6, 6.07) is 0. The molecular formula is C13H24N4O2S. The molecule has 1 aliphatic heterocycles. The number of aryl methyl sites for hydroxylation is 1. The SMILES string of the molecule is CCC1CCN(S(=O)(=O)c2cnn(CCCN)c2)CC1. The van der Waals surface area contributed by atoms with Crippen LogP contribution in [-0.2, 0) is 16.6 Å². The lowest BCUT2D eigenvalue weighted by Gasteiger charge is -2.30. The van der Waals surface area contributed by atoms with Crippen molar-refractivity contribution in [1.82, 2.24) is 14.1 Å². The summed E-state index contributed by atoms with van der Waals surface area (Å²) in [5, 5.41) is 4.10. The molecule has 0 aromatic carbocycles. The second kappa shape index (κ2) is 6.69. The van der Waals surface area contributed by atoms with Crippen molar-refractivity contribution in [3.8, 4) is 0 Å². The predicted molar refractivity (Wildman–Crippen MR) is 77.7 cm³/mol. The number of hydrogen-bond donors (Lipinski definition) is 1. The van der Waals surface area contributed by atoms with E-state index in [0.717, 1.165) is 25.7 Å². The molecule has 0 unspecified atom stereocenters. The average molecular weight is 300 g/mol. The van der Waals surface area contributed by atoms with E-state index >= 15 is 0 Å². The molecule has 2 rings (SSSR count). The number of rotatable bonds is 6. The summed E-state index contributed by atoms with van der Waals surface area (Å²) in [4.78, 5) is 0.296. The molecule has 0 spiro atoms. The minimum atomic E-state index is -3.38. The van der Waals surface area contributed by atoms with Crippen molar-refractivity contribution in [2.24, 2.45) is 11.7 Å². The Balaban J connectivity index is 2.04. The van der Waals surface area contributed by atoms with Gasteiger partial charge >= 0.3 is 0 Å². The van der Waals surface area contributed by atoms with Crippen molar-refractivity contribution in [2.75, 3.05) is 19.6 Å². The second-order valence-corrected chi connectivity index (χ2v) is 7.27. The smallest absolute Gasteiger partial charge is 0.246 e. The Hall–Kier alpha value is -0.920. The highest BCUT2D eigenvalue weighted by atomic mass is 32.2. The Morgan fingerprint density at radius 2 is 2.10 bits per heavy atom. The number of hydrogen-bond acceptors (Lipinski definition) is 4. The molecule has 2 heterocycles. The molecule has 0 saturated carbocycles. The maximum absolute atomic E-state index is 12.5. The second-order valence-electron chi connectivity index (χ2n) is 5.34. The largest absolute Gasteiger partial charge is 0.330 e. The van der Waals surface area contributed by atoms with Gasteiger partial charge in [0.2, 0.25) is 10.0 Å². The van der Waals surface area contributed by atoms with Crippen molar-refractivity contribution in [3.05, 3.63) is 12.4 Å². The monoisotopic (exact) mass is 300 g/mol. The van der Waals surface area contributed by atoms with E-state index in [2.05, 4.69) is 12.0 Å². The Bertz CT molecular complexity index is 518. The molecule has 7 heteroatoms. The molecule has 20 heavy (non-hydrogen) atoms. The maximum atomic E-state index is 12.5. The lowest BCUT2D eigenvalue weighted by atomic mass is 9.96. The molecule has 0 bridgehead atoms. The van der Waals surface area contributed by atoms with Crippen LogP contribution in [0.5, 0.6) is 0 Å². The lowest BCUT2D eigenvalue weighted by molar-refractivity contribution is 0.269. The van der Waals surface area contributed by atoms with Crippen LogP contribution >= 0.6 is 0 Å². The molecule has 0 amide bonds. The average Bonchev–Trinajstić information content (AvgIpc) is 2.94. The number of piperidine rings is 1. The van der Waals surface area contributed by atoms with Crippen LogP contribution in [0.4, 0.5) is 0 Å². The van der Waals surface area contributed by atoms with Gasteiger partial charge in [0.1, 0.15) is 4.90 Å². The minimum absolute atomic E-state index is 0.296. The van der Waals surface area contributed by atoms with Crippen LogP contribution in [-0.4, -0.2) is 42.1 Å². The molecule has 1 aromatic heterocycles. The molecule has 0 atom stereocenters. The highest BCUT2D eigenvalue weighted by Crippen LogP contribution is 2.25. The molecule has 114 valence electrons. The van der Waals surface area contributed by atoms with Crippen molar-refractivity contribution in [1.29, 1.82) is 0 Å². The van der Waals surface area contributed by atoms with Gasteiger partial charge in [0, 0.05) is 25.8 Å².